The van der Waals surface area contributed by atoms with Gasteiger partial charge in [0.2, 0.25) is 0 Å². The molecule has 0 saturated carbocycles. The number of nitrogens with zero attached hydrogens (tertiary/aromatic N) is 4. The van der Waals surface area contributed by atoms with E-state index in [9.17, 15) is 4.79 Å². The minimum atomic E-state index is -0.252. The van der Waals surface area contributed by atoms with Crippen molar-refractivity contribution in [2.45, 2.75) is 32.9 Å². The quantitative estimate of drug-likeness (QED) is 0.315. The number of nitrogens with one attached hydrogen (secondary N) is 1. The van der Waals surface area contributed by atoms with Crippen molar-refractivity contribution in [3.63, 3.8) is 0 Å². The normalized spacial score (nSPS) is 14.5. The van der Waals surface area contributed by atoms with Crippen molar-refractivity contribution in [1.29, 1.82) is 0 Å². The van der Waals surface area contributed by atoms with Crippen molar-refractivity contribution < 1.29 is 4.79 Å². The topological polar surface area (TPSA) is 55.1 Å². The van der Waals surface area contributed by atoms with E-state index in [-0.39, 0.29) is 12.1 Å². The van der Waals surface area contributed by atoms with E-state index in [1.807, 2.05) is 52.9 Å². The van der Waals surface area contributed by atoms with E-state index < -0.39 is 0 Å². The highest BCUT2D eigenvalue weighted by Crippen LogP contribution is 2.38. The Hall–Kier alpha value is -4.58. The minimum absolute atomic E-state index is 0.0834. The molecule has 0 aliphatic carbocycles. The highest BCUT2D eigenvalue weighted by molar-refractivity contribution is 5.76. The molecule has 1 aliphatic rings. The molecule has 2 amide bonds. The molecule has 0 radical (unpaired) electrons. The predicted molar refractivity (Wildman–Crippen MR) is 150 cm³/mol. The van der Waals surface area contributed by atoms with Crippen molar-refractivity contribution in [3.8, 4) is 11.5 Å². The van der Waals surface area contributed by atoms with E-state index in [1.165, 1.54) is 11.1 Å². The van der Waals surface area contributed by atoms with E-state index in [1.54, 1.807) is 0 Å². The Morgan fingerprint density at radius 2 is 1.68 bits per heavy atom. The Balaban J connectivity index is 1.44. The molecule has 6 heteroatoms. The summed E-state index contributed by atoms with van der Waals surface area (Å²) in [7, 11) is 0. The van der Waals surface area contributed by atoms with Crippen LogP contribution in [0.15, 0.2) is 103 Å². The maximum absolute atomic E-state index is 13.9. The summed E-state index contributed by atoms with van der Waals surface area (Å²) in [5.41, 5.74) is 7.43. The molecule has 1 atom stereocenters. The Kier molecular flexibility index (Phi) is 6.30. The number of urea groups is 1. The summed E-state index contributed by atoms with van der Waals surface area (Å²) in [6.45, 7) is 5.14. The fourth-order valence-corrected chi connectivity index (χ4v) is 5.40. The first-order valence-corrected chi connectivity index (χ1v) is 13.1. The summed E-state index contributed by atoms with van der Waals surface area (Å²) in [4.78, 5) is 15.9. The molecule has 5 aromatic rings. The summed E-state index contributed by atoms with van der Waals surface area (Å²) in [5.74, 6) is 0.978. The predicted octanol–water partition coefficient (Wildman–Crippen LogP) is 6.14. The molecule has 3 aromatic carbocycles. The van der Waals surface area contributed by atoms with Crippen LogP contribution in [-0.2, 0) is 13.0 Å². The summed E-state index contributed by atoms with van der Waals surface area (Å²) >= 11 is 0. The van der Waals surface area contributed by atoms with Crippen LogP contribution in [0, 0.1) is 13.8 Å². The Bertz CT molecular complexity index is 1570. The highest BCUT2D eigenvalue weighted by atomic mass is 16.2. The number of aryl methyl sites for hydroxylation is 2. The molecule has 6 nitrogen and oxygen atoms in total. The monoisotopic (exact) mass is 501 g/mol. The number of para-hydroxylation sites is 1. The molecule has 1 unspecified atom stereocenters. The van der Waals surface area contributed by atoms with Crippen LogP contribution in [0.5, 0.6) is 0 Å². The summed E-state index contributed by atoms with van der Waals surface area (Å²) < 4.78 is 4.20. The highest BCUT2D eigenvalue weighted by Gasteiger charge is 2.35. The zero-order valence-electron chi connectivity index (χ0n) is 21.7. The van der Waals surface area contributed by atoms with E-state index in [4.69, 9.17) is 5.10 Å². The number of fused-ring (bicyclic) bond motifs is 3. The molecule has 1 N–H and O–H groups in total. The number of hydrogen-bond donors (Lipinski definition) is 1. The smallest absolute Gasteiger partial charge is 0.318 e. The van der Waals surface area contributed by atoms with Crippen molar-refractivity contribution in [2.24, 2.45) is 0 Å². The van der Waals surface area contributed by atoms with Gasteiger partial charge in [-0.3, -0.25) is 0 Å². The van der Waals surface area contributed by atoms with Gasteiger partial charge in [-0.05, 0) is 55.7 Å². The van der Waals surface area contributed by atoms with Gasteiger partial charge in [-0.15, -0.1) is 0 Å². The van der Waals surface area contributed by atoms with Crippen LogP contribution < -0.4 is 5.32 Å². The fourth-order valence-electron chi connectivity index (χ4n) is 5.40. The van der Waals surface area contributed by atoms with Gasteiger partial charge in [0.05, 0.1) is 29.7 Å². The van der Waals surface area contributed by atoms with Gasteiger partial charge in [0, 0.05) is 18.3 Å². The molecule has 0 spiro atoms. The zero-order chi connectivity index (χ0) is 26.1. The lowest BCUT2D eigenvalue weighted by Gasteiger charge is -2.31. The SMILES string of the molecule is Cc1cccc(C2c3cccn3-c3c(c(C)nn3-c3ccccc3)CN2C(=O)NCCc2ccccc2)c1. The number of hydrogen-bond acceptors (Lipinski definition) is 2. The Morgan fingerprint density at radius 3 is 2.45 bits per heavy atom. The second-order valence-corrected chi connectivity index (χ2v) is 9.85. The standard InChI is InChI=1S/C32H31N5O/c1-23-11-9-14-26(21-23)30-29-17-10-20-35(29)31-28(24(2)34-37(31)27-15-7-4-8-16-27)22-36(30)32(38)33-19-18-25-12-5-3-6-13-25/h3-17,20-21,30H,18-19,22H2,1-2H3,(H,33,38). The molecular weight excluding hydrogens is 470 g/mol. The molecule has 190 valence electrons. The average molecular weight is 502 g/mol. The van der Waals surface area contributed by atoms with Crippen LogP contribution in [0.2, 0.25) is 0 Å². The third kappa shape index (κ3) is 4.39. The lowest BCUT2D eigenvalue weighted by atomic mass is 10.00. The van der Waals surface area contributed by atoms with Gasteiger partial charge in [-0.25, -0.2) is 9.48 Å². The van der Waals surface area contributed by atoms with Gasteiger partial charge in [0.15, 0.2) is 0 Å². The van der Waals surface area contributed by atoms with Crippen LogP contribution in [0.4, 0.5) is 4.79 Å². The Labute approximate surface area is 223 Å². The summed E-state index contributed by atoms with van der Waals surface area (Å²) in [5, 5.41) is 8.13. The molecule has 1 aliphatic heterocycles. The number of carbonyl (C=O) groups is 1. The number of benzene rings is 3. The molecule has 0 saturated heterocycles. The van der Waals surface area contributed by atoms with Crippen molar-refractivity contribution in [2.75, 3.05) is 6.54 Å². The van der Waals surface area contributed by atoms with Gasteiger partial charge in [0.1, 0.15) is 5.82 Å². The Morgan fingerprint density at radius 1 is 0.921 bits per heavy atom. The molecule has 3 heterocycles. The van der Waals surface area contributed by atoms with E-state index in [0.29, 0.717) is 13.1 Å². The first-order chi connectivity index (χ1) is 18.6. The van der Waals surface area contributed by atoms with Crippen molar-refractivity contribution >= 4 is 6.03 Å². The van der Waals surface area contributed by atoms with Crippen LogP contribution in [0.25, 0.3) is 11.5 Å². The number of amides is 2. The maximum Gasteiger partial charge on any atom is 0.318 e. The maximum atomic E-state index is 13.9. The molecular formula is C32H31N5O. The zero-order valence-corrected chi connectivity index (χ0v) is 21.7. The minimum Gasteiger partial charge on any atom is -0.338 e. The third-order valence-corrected chi connectivity index (χ3v) is 7.24. The number of carbonyl (C=O) groups excluding carboxylic acids is 1. The summed E-state index contributed by atoms with van der Waals surface area (Å²) in [6, 6.07) is 32.7. The van der Waals surface area contributed by atoms with Crippen LogP contribution in [-0.4, -0.2) is 31.8 Å². The molecule has 6 rings (SSSR count). The van der Waals surface area contributed by atoms with Gasteiger partial charge >= 0.3 is 6.03 Å². The molecule has 0 bridgehead atoms. The van der Waals surface area contributed by atoms with Gasteiger partial charge in [-0.2, -0.15) is 5.10 Å². The van der Waals surface area contributed by atoms with E-state index in [2.05, 4.69) is 83.7 Å². The van der Waals surface area contributed by atoms with Gasteiger partial charge < -0.3 is 14.8 Å². The molecule has 0 fully saturated rings. The average Bonchev–Trinajstić information content (AvgIpc) is 3.50. The van der Waals surface area contributed by atoms with Crippen molar-refractivity contribution in [1.82, 2.24) is 24.6 Å². The molecule has 2 aromatic heterocycles. The lowest BCUT2D eigenvalue weighted by Crippen LogP contribution is -2.42. The largest absolute Gasteiger partial charge is 0.338 e. The van der Waals surface area contributed by atoms with Crippen LogP contribution in [0.1, 0.15) is 39.7 Å². The van der Waals surface area contributed by atoms with Gasteiger partial charge in [-0.1, -0.05) is 78.4 Å². The third-order valence-electron chi connectivity index (χ3n) is 7.24. The fraction of sp³-hybridized carbons (Fsp3) is 0.188. The number of aromatic nitrogens is 3. The summed E-state index contributed by atoms with van der Waals surface area (Å²) in [6.07, 6.45) is 2.86. The second kappa shape index (κ2) is 10.1. The first-order valence-electron chi connectivity index (χ1n) is 13.1. The van der Waals surface area contributed by atoms with E-state index >= 15 is 0 Å². The number of rotatable bonds is 5. The van der Waals surface area contributed by atoms with E-state index in [0.717, 1.165) is 40.4 Å². The van der Waals surface area contributed by atoms with Gasteiger partial charge in [0.25, 0.3) is 0 Å². The first kappa shape index (κ1) is 23.8. The van der Waals surface area contributed by atoms with Crippen LogP contribution >= 0.6 is 0 Å². The van der Waals surface area contributed by atoms with Crippen LogP contribution in [0.3, 0.4) is 0 Å². The van der Waals surface area contributed by atoms with Crippen molar-refractivity contribution in [3.05, 3.63) is 137 Å². The second-order valence-electron chi connectivity index (χ2n) is 9.85. The molecule has 38 heavy (non-hydrogen) atoms. The lowest BCUT2D eigenvalue weighted by molar-refractivity contribution is 0.180.